The molecule has 0 aliphatic heterocycles. The van der Waals surface area contributed by atoms with Gasteiger partial charge < -0.3 is 10.1 Å². The lowest BCUT2D eigenvalue weighted by Gasteiger charge is -2.28. The van der Waals surface area contributed by atoms with E-state index in [1.165, 1.54) is 11.1 Å². The maximum absolute atomic E-state index is 5.27. The summed E-state index contributed by atoms with van der Waals surface area (Å²) >= 11 is 0. The van der Waals surface area contributed by atoms with Crippen molar-refractivity contribution >= 4 is 0 Å². The number of methoxy groups -OCH3 is 1. The van der Waals surface area contributed by atoms with Crippen LogP contribution in [0.15, 0.2) is 18.2 Å². The summed E-state index contributed by atoms with van der Waals surface area (Å²) in [5, 5.41) is 3.59. The summed E-state index contributed by atoms with van der Waals surface area (Å²) in [5.41, 5.74) is 3.00. The molecule has 0 radical (unpaired) electrons. The van der Waals surface area contributed by atoms with Gasteiger partial charge in [-0.15, -0.1) is 0 Å². The molecule has 102 valence electrons. The Morgan fingerprint density at radius 3 is 2.39 bits per heavy atom. The second-order valence-corrected chi connectivity index (χ2v) is 6.10. The number of aryl methyl sites for hydroxylation is 1. The van der Waals surface area contributed by atoms with Gasteiger partial charge in [-0.05, 0) is 48.6 Å². The van der Waals surface area contributed by atoms with Gasteiger partial charge in [0.2, 0.25) is 0 Å². The summed E-state index contributed by atoms with van der Waals surface area (Å²) in [6, 6.07) is 6.77. The highest BCUT2D eigenvalue weighted by atomic mass is 16.5. The van der Waals surface area contributed by atoms with Gasteiger partial charge in [0, 0.05) is 6.04 Å². The number of hydrogen-bond donors (Lipinski definition) is 1. The Kier molecular flexibility index (Phi) is 5.21. The van der Waals surface area contributed by atoms with E-state index in [1.807, 2.05) is 0 Å². The van der Waals surface area contributed by atoms with Crippen LogP contribution in [0.5, 0.6) is 5.75 Å². The zero-order valence-electron chi connectivity index (χ0n) is 12.6. The molecule has 0 saturated carbocycles. The van der Waals surface area contributed by atoms with Crippen molar-refractivity contribution in [2.24, 2.45) is 5.41 Å². The SMILES string of the molecule is CCNC(CC(C)(C)C)c1ccc(OC)cc1C. The van der Waals surface area contributed by atoms with Crippen LogP contribution in [0, 0.1) is 12.3 Å². The van der Waals surface area contributed by atoms with Crippen LogP contribution in [-0.4, -0.2) is 13.7 Å². The predicted octanol–water partition coefficient (Wildman–Crippen LogP) is 4.09. The van der Waals surface area contributed by atoms with E-state index in [1.54, 1.807) is 7.11 Å². The number of rotatable bonds is 5. The van der Waals surface area contributed by atoms with Crippen LogP contribution in [0.4, 0.5) is 0 Å². The van der Waals surface area contributed by atoms with E-state index in [9.17, 15) is 0 Å². The van der Waals surface area contributed by atoms with Gasteiger partial charge in [0.1, 0.15) is 5.75 Å². The number of nitrogens with one attached hydrogen (secondary N) is 1. The molecule has 0 saturated heterocycles. The summed E-state index contributed by atoms with van der Waals surface area (Å²) in [6.07, 6.45) is 1.13. The van der Waals surface area contributed by atoms with Crippen LogP contribution in [0.1, 0.15) is 51.3 Å². The summed E-state index contributed by atoms with van der Waals surface area (Å²) in [4.78, 5) is 0. The van der Waals surface area contributed by atoms with Crippen LogP contribution in [-0.2, 0) is 0 Å². The van der Waals surface area contributed by atoms with Gasteiger partial charge in [-0.2, -0.15) is 0 Å². The molecule has 0 fully saturated rings. The van der Waals surface area contributed by atoms with Gasteiger partial charge in [-0.1, -0.05) is 33.8 Å². The topological polar surface area (TPSA) is 21.3 Å². The van der Waals surface area contributed by atoms with E-state index in [0.29, 0.717) is 11.5 Å². The zero-order valence-corrected chi connectivity index (χ0v) is 12.6. The van der Waals surface area contributed by atoms with Gasteiger partial charge in [0.05, 0.1) is 7.11 Å². The fourth-order valence-corrected chi connectivity index (χ4v) is 2.32. The smallest absolute Gasteiger partial charge is 0.119 e. The van der Waals surface area contributed by atoms with Crippen molar-refractivity contribution in [2.45, 2.75) is 47.1 Å². The van der Waals surface area contributed by atoms with Crippen LogP contribution in [0.25, 0.3) is 0 Å². The Bertz CT molecular complexity index is 379. The largest absolute Gasteiger partial charge is 0.497 e. The maximum atomic E-state index is 5.27. The average molecular weight is 249 g/mol. The third-order valence-electron chi connectivity index (χ3n) is 3.12. The van der Waals surface area contributed by atoms with Crippen LogP contribution in [0.2, 0.25) is 0 Å². The lowest BCUT2D eigenvalue weighted by molar-refractivity contribution is 0.313. The van der Waals surface area contributed by atoms with E-state index >= 15 is 0 Å². The highest BCUT2D eigenvalue weighted by Gasteiger charge is 2.20. The summed E-state index contributed by atoms with van der Waals surface area (Å²) < 4.78 is 5.27. The number of ether oxygens (including phenoxy) is 1. The highest BCUT2D eigenvalue weighted by molar-refractivity contribution is 5.36. The number of hydrogen-bond acceptors (Lipinski definition) is 2. The van der Waals surface area contributed by atoms with E-state index in [-0.39, 0.29) is 0 Å². The fourth-order valence-electron chi connectivity index (χ4n) is 2.32. The minimum Gasteiger partial charge on any atom is -0.497 e. The van der Waals surface area contributed by atoms with Gasteiger partial charge in [0.25, 0.3) is 0 Å². The van der Waals surface area contributed by atoms with E-state index < -0.39 is 0 Å². The third-order valence-corrected chi connectivity index (χ3v) is 3.12. The molecule has 1 aromatic rings. The van der Waals surface area contributed by atoms with Crippen LogP contribution in [0.3, 0.4) is 0 Å². The fraction of sp³-hybridized carbons (Fsp3) is 0.625. The molecule has 0 aliphatic rings. The molecule has 0 bridgehead atoms. The quantitative estimate of drug-likeness (QED) is 0.848. The van der Waals surface area contributed by atoms with Crippen LogP contribution < -0.4 is 10.1 Å². The molecule has 1 atom stereocenters. The molecule has 1 rings (SSSR count). The first-order valence-corrected chi connectivity index (χ1v) is 6.75. The third kappa shape index (κ3) is 4.34. The van der Waals surface area contributed by atoms with Crippen molar-refractivity contribution in [3.63, 3.8) is 0 Å². The number of benzene rings is 1. The van der Waals surface area contributed by atoms with E-state index in [0.717, 1.165) is 18.7 Å². The Morgan fingerprint density at radius 1 is 1.28 bits per heavy atom. The van der Waals surface area contributed by atoms with E-state index in [4.69, 9.17) is 4.74 Å². The monoisotopic (exact) mass is 249 g/mol. The second kappa shape index (κ2) is 6.24. The van der Waals surface area contributed by atoms with Crippen molar-refractivity contribution in [1.82, 2.24) is 5.32 Å². The molecule has 0 aromatic heterocycles. The molecule has 2 nitrogen and oxygen atoms in total. The molecule has 0 aliphatic carbocycles. The minimum absolute atomic E-state index is 0.319. The van der Waals surface area contributed by atoms with Gasteiger partial charge in [0.15, 0.2) is 0 Å². The second-order valence-electron chi connectivity index (χ2n) is 6.10. The summed E-state index contributed by atoms with van der Waals surface area (Å²) in [6.45, 7) is 12.2. The molecule has 1 aromatic carbocycles. The van der Waals surface area contributed by atoms with Gasteiger partial charge in [-0.25, -0.2) is 0 Å². The standard InChI is InChI=1S/C16H27NO/c1-7-17-15(11-16(3,4)5)14-9-8-13(18-6)10-12(14)2/h8-10,15,17H,7,11H2,1-6H3. The Morgan fingerprint density at radius 2 is 1.94 bits per heavy atom. The van der Waals surface area contributed by atoms with Crippen LogP contribution >= 0.6 is 0 Å². The molecule has 0 spiro atoms. The molecule has 0 heterocycles. The molecule has 1 N–H and O–H groups in total. The lowest BCUT2D eigenvalue weighted by atomic mass is 9.84. The average Bonchev–Trinajstić information content (AvgIpc) is 2.26. The van der Waals surface area contributed by atoms with Crippen molar-refractivity contribution in [3.8, 4) is 5.75 Å². The normalized spacial score (nSPS) is 13.4. The van der Waals surface area contributed by atoms with Gasteiger partial charge in [-0.3, -0.25) is 0 Å². The summed E-state index contributed by atoms with van der Waals surface area (Å²) in [7, 11) is 1.71. The highest BCUT2D eigenvalue weighted by Crippen LogP contribution is 2.32. The molecule has 2 heteroatoms. The van der Waals surface area contributed by atoms with E-state index in [2.05, 4.69) is 58.1 Å². The Balaban J connectivity index is 2.98. The van der Waals surface area contributed by atoms with Crippen molar-refractivity contribution in [2.75, 3.05) is 13.7 Å². The minimum atomic E-state index is 0.319. The molecule has 18 heavy (non-hydrogen) atoms. The first-order valence-electron chi connectivity index (χ1n) is 6.75. The zero-order chi connectivity index (χ0) is 13.8. The van der Waals surface area contributed by atoms with Crippen molar-refractivity contribution in [3.05, 3.63) is 29.3 Å². The maximum Gasteiger partial charge on any atom is 0.119 e. The predicted molar refractivity (Wildman–Crippen MR) is 78.2 cm³/mol. The van der Waals surface area contributed by atoms with Crippen molar-refractivity contribution in [1.29, 1.82) is 0 Å². The first-order chi connectivity index (χ1) is 8.37. The lowest BCUT2D eigenvalue weighted by Crippen LogP contribution is -2.26. The molecule has 1 unspecified atom stereocenters. The Labute approximate surface area is 112 Å². The van der Waals surface area contributed by atoms with Gasteiger partial charge >= 0.3 is 0 Å². The molecular weight excluding hydrogens is 222 g/mol. The molecule has 0 amide bonds. The summed E-state index contributed by atoms with van der Waals surface area (Å²) in [5.74, 6) is 0.933. The molecular formula is C16H27NO. The first kappa shape index (κ1) is 15.0. The van der Waals surface area contributed by atoms with Crippen molar-refractivity contribution < 1.29 is 4.74 Å². The Hall–Kier alpha value is -1.02.